The molecule has 1 heterocycles. The third-order valence-corrected chi connectivity index (χ3v) is 4.38. The van der Waals surface area contributed by atoms with Gasteiger partial charge in [-0.2, -0.15) is 5.10 Å². The molecule has 1 aliphatic carbocycles. The van der Waals surface area contributed by atoms with Crippen molar-refractivity contribution in [2.45, 2.75) is 18.9 Å². The molecule has 2 aromatic carbocycles. The van der Waals surface area contributed by atoms with Crippen molar-refractivity contribution in [1.29, 1.82) is 0 Å². The molecule has 0 atom stereocenters. The highest BCUT2D eigenvalue weighted by Crippen LogP contribution is 2.23. The quantitative estimate of drug-likeness (QED) is 0.709. The van der Waals surface area contributed by atoms with Crippen LogP contribution in [0.1, 0.15) is 23.2 Å². The first-order valence-corrected chi connectivity index (χ1v) is 8.99. The summed E-state index contributed by atoms with van der Waals surface area (Å²) in [5.74, 6) is -0.482. The predicted octanol–water partition coefficient (Wildman–Crippen LogP) is 2.55. The number of benzene rings is 2. The zero-order valence-corrected chi connectivity index (χ0v) is 14.8. The van der Waals surface area contributed by atoms with Gasteiger partial charge in [0.25, 0.3) is 5.91 Å². The Kier molecular flexibility index (Phi) is 4.70. The van der Waals surface area contributed by atoms with Gasteiger partial charge in [-0.3, -0.25) is 9.59 Å². The summed E-state index contributed by atoms with van der Waals surface area (Å²) in [5, 5.41) is 10.2. The summed E-state index contributed by atoms with van der Waals surface area (Å²) < 4.78 is 1.68. The molecule has 0 spiro atoms. The van der Waals surface area contributed by atoms with Crippen LogP contribution in [-0.2, 0) is 4.79 Å². The second kappa shape index (κ2) is 7.45. The lowest BCUT2D eigenvalue weighted by atomic mass is 10.1. The van der Waals surface area contributed by atoms with Crippen molar-refractivity contribution >= 4 is 11.8 Å². The van der Waals surface area contributed by atoms with Crippen LogP contribution in [0.3, 0.4) is 0 Å². The van der Waals surface area contributed by atoms with E-state index in [2.05, 4.69) is 15.7 Å². The Morgan fingerprint density at radius 2 is 1.67 bits per heavy atom. The molecule has 3 aromatic rings. The highest BCUT2D eigenvalue weighted by atomic mass is 16.2. The number of carbonyl (C=O) groups is 2. The molecule has 0 aliphatic heterocycles. The van der Waals surface area contributed by atoms with Crippen molar-refractivity contribution in [3.05, 3.63) is 72.4 Å². The summed E-state index contributed by atoms with van der Waals surface area (Å²) in [6.45, 7) is -0.0416. The molecular weight excluding hydrogens is 340 g/mol. The monoisotopic (exact) mass is 360 g/mol. The van der Waals surface area contributed by atoms with Crippen LogP contribution in [0.15, 0.2) is 66.9 Å². The van der Waals surface area contributed by atoms with Crippen LogP contribution in [0.4, 0.5) is 0 Å². The van der Waals surface area contributed by atoms with Gasteiger partial charge in [0.05, 0.1) is 17.8 Å². The molecule has 136 valence electrons. The minimum atomic E-state index is -0.318. The van der Waals surface area contributed by atoms with Gasteiger partial charge in [0.2, 0.25) is 5.91 Å². The molecule has 1 aromatic heterocycles. The van der Waals surface area contributed by atoms with Gasteiger partial charge in [0.15, 0.2) is 0 Å². The summed E-state index contributed by atoms with van der Waals surface area (Å²) in [7, 11) is 0. The van der Waals surface area contributed by atoms with Crippen LogP contribution < -0.4 is 10.6 Å². The lowest BCUT2D eigenvalue weighted by molar-refractivity contribution is -0.120. The summed E-state index contributed by atoms with van der Waals surface area (Å²) in [6.07, 6.45) is 3.73. The number of aromatic nitrogens is 2. The highest BCUT2D eigenvalue weighted by molar-refractivity contribution is 6.01. The highest BCUT2D eigenvalue weighted by Gasteiger charge is 2.24. The number of hydrogen-bond acceptors (Lipinski definition) is 3. The standard InChI is InChI=1S/C21H20N4O2/c26-19(23-16-11-12-16)13-22-21(27)18-14-25(17-9-5-2-6-10-17)24-20(18)15-7-3-1-4-8-15/h1-10,14,16H,11-13H2,(H,22,27)(H,23,26). The average molecular weight is 360 g/mol. The molecule has 1 fully saturated rings. The Morgan fingerprint density at radius 1 is 1.00 bits per heavy atom. The molecule has 2 N–H and O–H groups in total. The normalized spacial score (nSPS) is 13.2. The summed E-state index contributed by atoms with van der Waals surface area (Å²) >= 11 is 0. The van der Waals surface area contributed by atoms with Crippen molar-refractivity contribution in [3.8, 4) is 16.9 Å². The van der Waals surface area contributed by atoms with E-state index in [1.807, 2.05) is 60.7 Å². The van der Waals surface area contributed by atoms with Gasteiger partial charge in [0, 0.05) is 17.8 Å². The Labute approximate surface area is 157 Å². The molecule has 6 nitrogen and oxygen atoms in total. The smallest absolute Gasteiger partial charge is 0.255 e. The number of carbonyl (C=O) groups excluding carboxylic acids is 2. The van der Waals surface area contributed by atoms with E-state index in [4.69, 9.17) is 0 Å². The topological polar surface area (TPSA) is 76.0 Å². The summed E-state index contributed by atoms with van der Waals surface area (Å²) in [6, 6.07) is 19.4. The largest absolute Gasteiger partial charge is 0.352 e. The van der Waals surface area contributed by atoms with Gasteiger partial charge < -0.3 is 10.6 Å². The number of nitrogens with zero attached hydrogens (tertiary/aromatic N) is 2. The number of nitrogens with one attached hydrogen (secondary N) is 2. The minimum Gasteiger partial charge on any atom is -0.352 e. The molecule has 1 aliphatic rings. The molecule has 0 radical (unpaired) electrons. The Bertz CT molecular complexity index is 947. The van der Waals surface area contributed by atoms with E-state index in [0.29, 0.717) is 11.3 Å². The molecule has 2 amide bonds. The third-order valence-electron chi connectivity index (χ3n) is 4.38. The maximum atomic E-state index is 12.7. The number of rotatable bonds is 6. The van der Waals surface area contributed by atoms with Crippen molar-refractivity contribution in [1.82, 2.24) is 20.4 Å². The molecule has 0 bridgehead atoms. The Hall–Kier alpha value is -3.41. The van der Waals surface area contributed by atoms with Crippen LogP contribution in [0, 0.1) is 0 Å². The zero-order valence-electron chi connectivity index (χ0n) is 14.8. The van der Waals surface area contributed by atoms with E-state index in [1.165, 1.54) is 0 Å². The van der Waals surface area contributed by atoms with Gasteiger partial charge in [0.1, 0.15) is 5.69 Å². The van der Waals surface area contributed by atoms with Gasteiger partial charge in [-0.25, -0.2) is 4.68 Å². The van der Waals surface area contributed by atoms with Crippen molar-refractivity contribution in [3.63, 3.8) is 0 Å². The van der Waals surface area contributed by atoms with Crippen molar-refractivity contribution in [2.24, 2.45) is 0 Å². The van der Waals surface area contributed by atoms with E-state index in [-0.39, 0.29) is 24.4 Å². The van der Waals surface area contributed by atoms with E-state index >= 15 is 0 Å². The van der Waals surface area contributed by atoms with Crippen LogP contribution in [0.25, 0.3) is 16.9 Å². The molecular formula is C21H20N4O2. The van der Waals surface area contributed by atoms with E-state index in [1.54, 1.807) is 10.9 Å². The fraction of sp³-hybridized carbons (Fsp3) is 0.190. The van der Waals surface area contributed by atoms with Gasteiger partial charge in [-0.15, -0.1) is 0 Å². The second-order valence-electron chi connectivity index (χ2n) is 6.56. The van der Waals surface area contributed by atoms with E-state index in [0.717, 1.165) is 24.1 Å². The summed E-state index contributed by atoms with van der Waals surface area (Å²) in [5.41, 5.74) is 2.73. The minimum absolute atomic E-state index is 0.0416. The van der Waals surface area contributed by atoms with Gasteiger partial charge in [-0.1, -0.05) is 48.5 Å². The van der Waals surface area contributed by atoms with Crippen LogP contribution in [0.5, 0.6) is 0 Å². The first-order chi connectivity index (χ1) is 13.2. The number of para-hydroxylation sites is 1. The van der Waals surface area contributed by atoms with Crippen molar-refractivity contribution in [2.75, 3.05) is 6.54 Å². The number of hydrogen-bond donors (Lipinski definition) is 2. The van der Waals surface area contributed by atoms with Gasteiger partial charge >= 0.3 is 0 Å². The molecule has 1 saturated carbocycles. The third kappa shape index (κ3) is 4.06. The number of amides is 2. The molecule has 0 unspecified atom stereocenters. The fourth-order valence-corrected chi connectivity index (χ4v) is 2.82. The predicted molar refractivity (Wildman–Crippen MR) is 102 cm³/mol. The lowest BCUT2D eigenvalue weighted by Gasteiger charge is -2.06. The second-order valence-corrected chi connectivity index (χ2v) is 6.56. The molecule has 0 saturated heterocycles. The fourth-order valence-electron chi connectivity index (χ4n) is 2.82. The van der Waals surface area contributed by atoms with Crippen LogP contribution >= 0.6 is 0 Å². The Morgan fingerprint density at radius 3 is 2.33 bits per heavy atom. The van der Waals surface area contributed by atoms with E-state index in [9.17, 15) is 9.59 Å². The maximum Gasteiger partial charge on any atom is 0.255 e. The zero-order chi connectivity index (χ0) is 18.6. The first-order valence-electron chi connectivity index (χ1n) is 8.99. The molecule has 27 heavy (non-hydrogen) atoms. The lowest BCUT2D eigenvalue weighted by Crippen LogP contribution is -2.37. The average Bonchev–Trinajstić information content (AvgIpc) is 3.41. The SMILES string of the molecule is O=C(CNC(=O)c1cn(-c2ccccc2)nc1-c1ccccc1)NC1CC1. The molecule has 6 heteroatoms. The first kappa shape index (κ1) is 17.0. The van der Waals surface area contributed by atoms with Crippen molar-refractivity contribution < 1.29 is 9.59 Å². The van der Waals surface area contributed by atoms with Crippen LogP contribution in [0.2, 0.25) is 0 Å². The van der Waals surface area contributed by atoms with E-state index < -0.39 is 0 Å². The van der Waals surface area contributed by atoms with Gasteiger partial charge in [-0.05, 0) is 25.0 Å². The summed E-state index contributed by atoms with van der Waals surface area (Å²) in [4.78, 5) is 24.6. The van der Waals surface area contributed by atoms with Crippen LogP contribution in [-0.4, -0.2) is 34.2 Å². The molecule has 4 rings (SSSR count). The Balaban J connectivity index is 1.60. The maximum absolute atomic E-state index is 12.7.